The Morgan fingerprint density at radius 2 is 2.22 bits per heavy atom. The van der Waals surface area contributed by atoms with Gasteiger partial charge in [-0.3, -0.25) is 9.82 Å². The van der Waals surface area contributed by atoms with Gasteiger partial charge in [-0.25, -0.2) is 8.42 Å². The number of nitrogens with zero attached hydrogens (tertiary/aromatic N) is 1. The number of H-pyrrole nitrogens is 1. The molecule has 1 aliphatic rings. The lowest BCUT2D eigenvalue weighted by molar-refractivity contribution is 0.374. The molecule has 0 atom stereocenters. The number of aromatic nitrogens is 2. The molecule has 0 unspecified atom stereocenters. The van der Waals surface area contributed by atoms with E-state index in [4.69, 9.17) is 10.5 Å². The zero-order valence-corrected chi connectivity index (χ0v) is 9.99. The standard InChI is InChI=1S/C10H10N4O3S/c11-10-7(4-12-13-10)6-1-2-9-8(3-6)14-18(15,16)5-17-9/h1-4,14H,5H2,(H3,11,12,13). The minimum Gasteiger partial charge on any atom is -0.474 e. The summed E-state index contributed by atoms with van der Waals surface area (Å²) in [6, 6.07) is 5.14. The minimum absolute atomic E-state index is 0.368. The van der Waals surface area contributed by atoms with Crippen LogP contribution in [0.1, 0.15) is 0 Å². The van der Waals surface area contributed by atoms with Crippen molar-refractivity contribution in [1.29, 1.82) is 0 Å². The number of rotatable bonds is 1. The number of benzene rings is 1. The Kier molecular flexibility index (Phi) is 2.20. The van der Waals surface area contributed by atoms with Crippen molar-refractivity contribution in [2.24, 2.45) is 0 Å². The Morgan fingerprint density at radius 3 is 2.94 bits per heavy atom. The molecule has 1 aliphatic heterocycles. The summed E-state index contributed by atoms with van der Waals surface area (Å²) in [4.78, 5) is 0. The van der Waals surface area contributed by atoms with Crippen molar-refractivity contribution in [3.8, 4) is 16.9 Å². The first-order valence-corrected chi connectivity index (χ1v) is 6.77. The van der Waals surface area contributed by atoms with Crippen LogP contribution in [-0.4, -0.2) is 24.6 Å². The topological polar surface area (TPSA) is 110 Å². The van der Waals surface area contributed by atoms with Crippen molar-refractivity contribution in [1.82, 2.24) is 10.2 Å². The smallest absolute Gasteiger partial charge is 0.268 e. The summed E-state index contributed by atoms with van der Waals surface area (Å²) in [6.07, 6.45) is 1.58. The number of hydrogen-bond acceptors (Lipinski definition) is 5. The highest BCUT2D eigenvalue weighted by Gasteiger charge is 2.21. The highest BCUT2D eigenvalue weighted by molar-refractivity contribution is 7.92. The zero-order valence-electron chi connectivity index (χ0n) is 9.17. The molecule has 0 spiro atoms. The predicted molar refractivity (Wildman–Crippen MR) is 66.5 cm³/mol. The molecule has 1 aromatic heterocycles. The van der Waals surface area contributed by atoms with E-state index in [1.807, 2.05) is 0 Å². The molecule has 4 N–H and O–H groups in total. The maximum atomic E-state index is 11.4. The van der Waals surface area contributed by atoms with Gasteiger partial charge >= 0.3 is 0 Å². The minimum atomic E-state index is -3.42. The van der Waals surface area contributed by atoms with Gasteiger partial charge in [-0.15, -0.1) is 0 Å². The number of ether oxygens (including phenoxy) is 1. The van der Waals surface area contributed by atoms with Crippen LogP contribution in [0.25, 0.3) is 11.1 Å². The Balaban J connectivity index is 2.09. The van der Waals surface area contributed by atoms with E-state index in [1.165, 1.54) is 0 Å². The summed E-state index contributed by atoms with van der Waals surface area (Å²) < 4.78 is 30.4. The van der Waals surface area contributed by atoms with Crippen LogP contribution in [0.3, 0.4) is 0 Å². The monoisotopic (exact) mass is 266 g/mol. The van der Waals surface area contributed by atoms with Crippen LogP contribution in [0.2, 0.25) is 0 Å². The van der Waals surface area contributed by atoms with Crippen molar-refractivity contribution in [2.75, 3.05) is 16.4 Å². The van der Waals surface area contributed by atoms with Gasteiger partial charge in [0.25, 0.3) is 10.0 Å². The molecule has 0 bridgehead atoms. The molecule has 0 saturated heterocycles. The van der Waals surface area contributed by atoms with Gasteiger partial charge in [0.1, 0.15) is 11.6 Å². The molecule has 0 saturated carbocycles. The SMILES string of the molecule is Nc1[nH]ncc1-c1ccc2c(c1)NS(=O)(=O)CO2. The van der Waals surface area contributed by atoms with Crippen molar-refractivity contribution in [3.05, 3.63) is 24.4 Å². The van der Waals surface area contributed by atoms with Crippen LogP contribution in [0.5, 0.6) is 5.75 Å². The van der Waals surface area contributed by atoms with Gasteiger partial charge in [0, 0.05) is 5.56 Å². The molecule has 0 fully saturated rings. The first-order valence-electron chi connectivity index (χ1n) is 5.12. The summed E-state index contributed by atoms with van der Waals surface area (Å²) in [6.45, 7) is 0. The highest BCUT2D eigenvalue weighted by Crippen LogP contribution is 2.35. The van der Waals surface area contributed by atoms with Crippen LogP contribution in [0, 0.1) is 0 Å². The number of nitrogen functional groups attached to an aromatic ring is 1. The van der Waals surface area contributed by atoms with E-state index in [0.29, 0.717) is 22.8 Å². The average Bonchev–Trinajstić information content (AvgIpc) is 2.73. The van der Waals surface area contributed by atoms with Crippen LogP contribution in [-0.2, 0) is 10.0 Å². The molecule has 7 nitrogen and oxygen atoms in total. The molecule has 3 rings (SSSR count). The molecule has 0 aliphatic carbocycles. The van der Waals surface area contributed by atoms with E-state index in [1.54, 1.807) is 24.4 Å². The van der Waals surface area contributed by atoms with Crippen LogP contribution in [0.15, 0.2) is 24.4 Å². The van der Waals surface area contributed by atoms with Gasteiger partial charge in [-0.2, -0.15) is 5.10 Å². The van der Waals surface area contributed by atoms with E-state index in [9.17, 15) is 8.42 Å². The molecule has 18 heavy (non-hydrogen) atoms. The fourth-order valence-corrected chi connectivity index (χ4v) is 2.60. The summed E-state index contributed by atoms with van der Waals surface area (Å²) in [5, 5.41) is 6.44. The Hall–Kier alpha value is -2.22. The van der Waals surface area contributed by atoms with Crippen LogP contribution < -0.4 is 15.2 Å². The second kappa shape index (κ2) is 3.64. The molecule has 0 radical (unpaired) electrons. The van der Waals surface area contributed by atoms with E-state index in [0.717, 1.165) is 5.56 Å². The fourth-order valence-electron chi connectivity index (χ4n) is 1.77. The maximum absolute atomic E-state index is 11.4. The molecule has 2 heterocycles. The number of fused-ring (bicyclic) bond motifs is 1. The summed E-state index contributed by atoms with van der Waals surface area (Å²) in [7, 11) is -3.42. The number of sulfonamides is 1. The van der Waals surface area contributed by atoms with Crippen molar-refractivity contribution in [2.45, 2.75) is 0 Å². The summed E-state index contributed by atoms with van der Waals surface area (Å²) >= 11 is 0. The molecule has 1 aromatic carbocycles. The number of aromatic amines is 1. The fraction of sp³-hybridized carbons (Fsp3) is 0.100. The van der Waals surface area contributed by atoms with Crippen LogP contribution in [0.4, 0.5) is 11.5 Å². The third-order valence-electron chi connectivity index (χ3n) is 2.59. The second-order valence-electron chi connectivity index (χ2n) is 3.89. The number of hydrogen-bond donors (Lipinski definition) is 3. The Labute approximate surface area is 103 Å². The normalized spacial score (nSPS) is 16.4. The maximum Gasteiger partial charge on any atom is 0.268 e. The molecule has 94 valence electrons. The lowest BCUT2D eigenvalue weighted by Crippen LogP contribution is -2.25. The molecule has 2 aromatic rings. The quantitative estimate of drug-likeness (QED) is 0.705. The highest BCUT2D eigenvalue weighted by atomic mass is 32.2. The lowest BCUT2D eigenvalue weighted by atomic mass is 10.1. The number of nitrogens with one attached hydrogen (secondary N) is 2. The van der Waals surface area contributed by atoms with Crippen molar-refractivity contribution >= 4 is 21.5 Å². The zero-order chi connectivity index (χ0) is 12.8. The first-order chi connectivity index (χ1) is 8.55. The van der Waals surface area contributed by atoms with Gasteiger partial charge in [0.15, 0.2) is 0 Å². The number of anilines is 2. The lowest BCUT2D eigenvalue weighted by Gasteiger charge is -2.19. The Morgan fingerprint density at radius 1 is 1.39 bits per heavy atom. The van der Waals surface area contributed by atoms with Gasteiger partial charge < -0.3 is 10.5 Å². The third-order valence-corrected chi connectivity index (χ3v) is 3.55. The van der Waals surface area contributed by atoms with E-state index >= 15 is 0 Å². The first kappa shape index (κ1) is 10.9. The van der Waals surface area contributed by atoms with E-state index in [2.05, 4.69) is 14.9 Å². The summed E-state index contributed by atoms with van der Waals surface area (Å²) in [5.41, 5.74) is 7.58. The van der Waals surface area contributed by atoms with Crippen molar-refractivity contribution in [3.63, 3.8) is 0 Å². The van der Waals surface area contributed by atoms with Gasteiger partial charge in [0.2, 0.25) is 5.94 Å². The molecular formula is C10H10N4O3S. The molecule has 0 amide bonds. The average molecular weight is 266 g/mol. The molecular weight excluding hydrogens is 256 g/mol. The predicted octanol–water partition coefficient (Wildman–Crippen LogP) is 0.750. The largest absolute Gasteiger partial charge is 0.474 e. The van der Waals surface area contributed by atoms with Crippen LogP contribution >= 0.6 is 0 Å². The van der Waals surface area contributed by atoms with Gasteiger partial charge in [-0.1, -0.05) is 6.07 Å². The van der Waals surface area contributed by atoms with Gasteiger partial charge in [0.05, 0.1) is 11.9 Å². The number of nitrogens with two attached hydrogens (primary N) is 1. The van der Waals surface area contributed by atoms with Crippen molar-refractivity contribution < 1.29 is 13.2 Å². The van der Waals surface area contributed by atoms with E-state index in [-0.39, 0.29) is 5.94 Å². The third kappa shape index (κ3) is 1.76. The summed E-state index contributed by atoms with van der Waals surface area (Å²) in [5.74, 6) is 0.554. The van der Waals surface area contributed by atoms with Gasteiger partial charge in [-0.05, 0) is 17.7 Å². The van der Waals surface area contributed by atoms with E-state index < -0.39 is 10.0 Å². The Bertz CT molecular complexity index is 708. The molecule has 8 heteroatoms. The second-order valence-corrected chi connectivity index (χ2v) is 5.56.